The van der Waals surface area contributed by atoms with Crippen molar-refractivity contribution < 1.29 is 9.59 Å². The third-order valence-corrected chi connectivity index (χ3v) is 3.10. The van der Waals surface area contributed by atoms with E-state index in [0.717, 1.165) is 5.56 Å². The summed E-state index contributed by atoms with van der Waals surface area (Å²) in [6.45, 7) is 2.97. The van der Waals surface area contributed by atoms with Crippen LogP contribution in [0.5, 0.6) is 0 Å². The van der Waals surface area contributed by atoms with Crippen molar-refractivity contribution in [3.05, 3.63) is 30.1 Å². The van der Waals surface area contributed by atoms with Gasteiger partial charge in [0.2, 0.25) is 11.8 Å². The van der Waals surface area contributed by atoms with Crippen molar-refractivity contribution >= 4 is 11.8 Å². The van der Waals surface area contributed by atoms with Crippen molar-refractivity contribution in [2.45, 2.75) is 25.8 Å². The number of nitrogens with one attached hydrogen (secondary N) is 1. The number of carbonyl (C=O) groups is 2. The maximum atomic E-state index is 12.2. The minimum absolute atomic E-state index is 0.0125. The van der Waals surface area contributed by atoms with E-state index in [1.54, 1.807) is 17.3 Å². The number of aromatic nitrogens is 1. The molecule has 2 heterocycles. The van der Waals surface area contributed by atoms with Gasteiger partial charge in [-0.2, -0.15) is 0 Å². The largest absolute Gasteiger partial charge is 0.354 e. The monoisotopic (exact) mass is 247 g/mol. The lowest BCUT2D eigenvalue weighted by Crippen LogP contribution is -2.42. The molecule has 1 aromatic heterocycles. The summed E-state index contributed by atoms with van der Waals surface area (Å²) in [5, 5.41) is 2.80. The fourth-order valence-electron chi connectivity index (χ4n) is 2.05. The summed E-state index contributed by atoms with van der Waals surface area (Å²) in [5.74, 6) is 0.0607. The average molecular weight is 247 g/mol. The smallest absolute Gasteiger partial charge is 0.227 e. The molecule has 1 fully saturated rings. The van der Waals surface area contributed by atoms with Crippen molar-refractivity contribution in [2.75, 3.05) is 13.1 Å². The van der Waals surface area contributed by atoms with Gasteiger partial charge in [-0.25, -0.2) is 0 Å². The van der Waals surface area contributed by atoms with Crippen LogP contribution in [0, 0.1) is 0 Å². The molecule has 0 radical (unpaired) electrons. The fraction of sp³-hybridized carbons (Fsp3) is 0.462. The lowest BCUT2D eigenvalue weighted by Gasteiger charge is -2.26. The Hall–Kier alpha value is -1.91. The van der Waals surface area contributed by atoms with Gasteiger partial charge in [0.05, 0.1) is 6.42 Å². The molecule has 1 atom stereocenters. The zero-order valence-corrected chi connectivity index (χ0v) is 10.4. The second-order valence-corrected chi connectivity index (χ2v) is 4.53. The Morgan fingerprint density at radius 1 is 1.61 bits per heavy atom. The van der Waals surface area contributed by atoms with Crippen LogP contribution in [-0.4, -0.2) is 40.8 Å². The molecule has 0 bridgehead atoms. The summed E-state index contributed by atoms with van der Waals surface area (Å²) in [7, 11) is 0. The van der Waals surface area contributed by atoms with Crippen LogP contribution in [0.15, 0.2) is 24.5 Å². The summed E-state index contributed by atoms with van der Waals surface area (Å²) in [6, 6.07) is 3.75. The van der Waals surface area contributed by atoms with Crippen LogP contribution in [0.2, 0.25) is 0 Å². The predicted molar refractivity (Wildman–Crippen MR) is 66.7 cm³/mol. The standard InChI is InChI=1S/C13H17N3O2/c1-10-8-15-12(17)4-6-16(10)13(18)7-11-3-2-5-14-9-11/h2-3,5,9-10H,4,6-8H2,1H3,(H,15,17)/t10-/m0/s1. The highest BCUT2D eigenvalue weighted by molar-refractivity contribution is 5.81. The maximum Gasteiger partial charge on any atom is 0.227 e. The first-order chi connectivity index (χ1) is 8.66. The van der Waals surface area contributed by atoms with Gasteiger partial charge in [-0.05, 0) is 18.6 Å². The first-order valence-corrected chi connectivity index (χ1v) is 6.12. The topological polar surface area (TPSA) is 62.3 Å². The van der Waals surface area contributed by atoms with Gasteiger partial charge in [-0.1, -0.05) is 6.07 Å². The molecule has 0 saturated carbocycles. The number of hydrogen-bond donors (Lipinski definition) is 1. The summed E-state index contributed by atoms with van der Waals surface area (Å²) in [5.41, 5.74) is 0.901. The van der Waals surface area contributed by atoms with E-state index < -0.39 is 0 Å². The molecular weight excluding hydrogens is 230 g/mol. The Bertz CT molecular complexity index is 433. The number of rotatable bonds is 2. The molecule has 0 aromatic carbocycles. The molecule has 0 unspecified atom stereocenters. The van der Waals surface area contributed by atoms with Crippen LogP contribution in [0.4, 0.5) is 0 Å². The molecule has 1 aliphatic rings. The van der Waals surface area contributed by atoms with E-state index in [2.05, 4.69) is 10.3 Å². The van der Waals surface area contributed by atoms with Gasteiger partial charge in [-0.15, -0.1) is 0 Å². The fourth-order valence-corrected chi connectivity index (χ4v) is 2.05. The first-order valence-electron chi connectivity index (χ1n) is 6.12. The molecule has 18 heavy (non-hydrogen) atoms. The molecule has 0 aliphatic carbocycles. The Labute approximate surface area is 106 Å². The van der Waals surface area contributed by atoms with Crippen molar-refractivity contribution in [1.82, 2.24) is 15.2 Å². The quantitative estimate of drug-likeness (QED) is 0.821. The third kappa shape index (κ3) is 3.06. The number of hydrogen-bond acceptors (Lipinski definition) is 3. The van der Waals surface area contributed by atoms with Gasteiger partial charge in [0.25, 0.3) is 0 Å². The van der Waals surface area contributed by atoms with Gasteiger partial charge in [0.1, 0.15) is 0 Å². The maximum absolute atomic E-state index is 12.2. The van der Waals surface area contributed by atoms with Crippen molar-refractivity contribution in [3.8, 4) is 0 Å². The normalized spacial score (nSPS) is 20.2. The first kappa shape index (κ1) is 12.5. The van der Waals surface area contributed by atoms with E-state index in [4.69, 9.17) is 0 Å². The molecule has 1 aromatic rings. The number of carbonyl (C=O) groups excluding carboxylic acids is 2. The average Bonchev–Trinajstić information content (AvgIpc) is 2.53. The molecule has 1 N–H and O–H groups in total. The van der Waals surface area contributed by atoms with E-state index in [9.17, 15) is 9.59 Å². The van der Waals surface area contributed by atoms with Gasteiger partial charge in [0.15, 0.2) is 0 Å². The zero-order valence-electron chi connectivity index (χ0n) is 10.4. The molecule has 1 saturated heterocycles. The van der Waals surface area contributed by atoms with Gasteiger partial charge in [-0.3, -0.25) is 14.6 Å². The summed E-state index contributed by atoms with van der Waals surface area (Å²) in [4.78, 5) is 29.3. The lowest BCUT2D eigenvalue weighted by molar-refractivity contribution is -0.132. The van der Waals surface area contributed by atoms with E-state index in [-0.39, 0.29) is 17.9 Å². The summed E-state index contributed by atoms with van der Waals surface area (Å²) < 4.78 is 0. The van der Waals surface area contributed by atoms with E-state index >= 15 is 0 Å². The van der Waals surface area contributed by atoms with Crippen LogP contribution in [0.3, 0.4) is 0 Å². The highest BCUT2D eigenvalue weighted by atomic mass is 16.2. The highest BCUT2D eigenvalue weighted by Crippen LogP contribution is 2.08. The highest BCUT2D eigenvalue weighted by Gasteiger charge is 2.24. The Kier molecular flexibility index (Phi) is 3.92. The van der Waals surface area contributed by atoms with Crippen LogP contribution in [0.1, 0.15) is 18.9 Å². The van der Waals surface area contributed by atoms with Crippen LogP contribution >= 0.6 is 0 Å². The van der Waals surface area contributed by atoms with Gasteiger partial charge < -0.3 is 10.2 Å². The van der Waals surface area contributed by atoms with Gasteiger partial charge >= 0.3 is 0 Å². The molecule has 2 rings (SSSR count). The SMILES string of the molecule is C[C@H]1CNC(=O)CCN1C(=O)Cc1cccnc1. The molecule has 5 nitrogen and oxygen atoms in total. The second kappa shape index (κ2) is 5.62. The molecule has 0 spiro atoms. The van der Waals surface area contributed by atoms with Crippen LogP contribution in [-0.2, 0) is 16.0 Å². The van der Waals surface area contributed by atoms with Gasteiger partial charge in [0, 0.05) is 37.9 Å². The van der Waals surface area contributed by atoms with Crippen molar-refractivity contribution in [1.29, 1.82) is 0 Å². The molecular formula is C13H17N3O2. The number of amides is 2. The van der Waals surface area contributed by atoms with E-state index in [1.165, 1.54) is 0 Å². The van der Waals surface area contributed by atoms with E-state index in [0.29, 0.717) is 25.9 Å². The zero-order chi connectivity index (χ0) is 13.0. The Balaban J connectivity index is 2.01. The summed E-state index contributed by atoms with van der Waals surface area (Å²) in [6.07, 6.45) is 4.10. The van der Waals surface area contributed by atoms with Crippen LogP contribution in [0.25, 0.3) is 0 Å². The lowest BCUT2D eigenvalue weighted by atomic mass is 10.1. The summed E-state index contributed by atoms with van der Waals surface area (Å²) >= 11 is 0. The minimum Gasteiger partial charge on any atom is -0.354 e. The number of pyridine rings is 1. The predicted octanol–water partition coefficient (Wildman–Crippen LogP) is 0.361. The molecule has 2 amide bonds. The van der Waals surface area contributed by atoms with E-state index in [1.807, 2.05) is 19.1 Å². The molecule has 96 valence electrons. The molecule has 5 heteroatoms. The Morgan fingerprint density at radius 2 is 2.44 bits per heavy atom. The van der Waals surface area contributed by atoms with Crippen molar-refractivity contribution in [2.24, 2.45) is 0 Å². The number of nitrogens with zero attached hydrogens (tertiary/aromatic N) is 2. The molecule has 1 aliphatic heterocycles. The van der Waals surface area contributed by atoms with Crippen molar-refractivity contribution in [3.63, 3.8) is 0 Å². The third-order valence-electron chi connectivity index (χ3n) is 3.10. The van der Waals surface area contributed by atoms with Crippen LogP contribution < -0.4 is 5.32 Å². The Morgan fingerprint density at radius 3 is 3.17 bits per heavy atom. The minimum atomic E-state index is 0.0125. The second-order valence-electron chi connectivity index (χ2n) is 4.53.